The van der Waals surface area contributed by atoms with Crippen molar-refractivity contribution in [2.75, 3.05) is 6.54 Å². The SMILES string of the molecule is C=CC[C@@H](CCC)N(CC=C)Cc1ccccc1. The van der Waals surface area contributed by atoms with Gasteiger partial charge in [0.15, 0.2) is 0 Å². The van der Waals surface area contributed by atoms with Crippen LogP contribution in [0.5, 0.6) is 0 Å². The van der Waals surface area contributed by atoms with Crippen molar-refractivity contribution in [3.05, 3.63) is 61.2 Å². The zero-order valence-corrected chi connectivity index (χ0v) is 11.5. The minimum absolute atomic E-state index is 0.575. The summed E-state index contributed by atoms with van der Waals surface area (Å²) in [5.41, 5.74) is 1.37. The molecule has 0 fully saturated rings. The van der Waals surface area contributed by atoms with Crippen molar-refractivity contribution in [1.82, 2.24) is 4.90 Å². The minimum Gasteiger partial charge on any atom is -0.292 e. The molecule has 0 N–H and O–H groups in total. The molecular formula is C17H25N. The van der Waals surface area contributed by atoms with Crippen LogP contribution in [0.4, 0.5) is 0 Å². The number of hydrogen-bond acceptors (Lipinski definition) is 1. The Balaban J connectivity index is 2.72. The van der Waals surface area contributed by atoms with Gasteiger partial charge in [0, 0.05) is 19.1 Å². The number of nitrogens with zero attached hydrogens (tertiary/aromatic N) is 1. The van der Waals surface area contributed by atoms with E-state index in [0.717, 1.165) is 19.5 Å². The molecular weight excluding hydrogens is 218 g/mol. The lowest BCUT2D eigenvalue weighted by atomic mass is 10.1. The Morgan fingerprint density at radius 2 is 1.89 bits per heavy atom. The van der Waals surface area contributed by atoms with Crippen molar-refractivity contribution in [2.45, 2.75) is 38.8 Å². The van der Waals surface area contributed by atoms with Gasteiger partial charge in [0.2, 0.25) is 0 Å². The third-order valence-electron chi connectivity index (χ3n) is 3.17. The smallest absolute Gasteiger partial charge is 0.0240 e. The summed E-state index contributed by atoms with van der Waals surface area (Å²) in [5.74, 6) is 0. The second-order valence-corrected chi connectivity index (χ2v) is 4.67. The molecule has 1 aromatic carbocycles. The van der Waals surface area contributed by atoms with E-state index in [9.17, 15) is 0 Å². The van der Waals surface area contributed by atoms with Crippen LogP contribution in [0.25, 0.3) is 0 Å². The van der Waals surface area contributed by atoms with Gasteiger partial charge < -0.3 is 0 Å². The molecule has 0 aromatic heterocycles. The second-order valence-electron chi connectivity index (χ2n) is 4.67. The van der Waals surface area contributed by atoms with Crippen LogP contribution < -0.4 is 0 Å². The molecule has 0 radical (unpaired) electrons. The fourth-order valence-electron chi connectivity index (χ4n) is 2.30. The largest absolute Gasteiger partial charge is 0.292 e. The van der Waals surface area contributed by atoms with E-state index >= 15 is 0 Å². The van der Waals surface area contributed by atoms with E-state index in [1.165, 1.54) is 18.4 Å². The van der Waals surface area contributed by atoms with Gasteiger partial charge in [0.25, 0.3) is 0 Å². The van der Waals surface area contributed by atoms with Crippen molar-refractivity contribution in [2.24, 2.45) is 0 Å². The molecule has 98 valence electrons. The Morgan fingerprint density at radius 3 is 2.44 bits per heavy atom. The zero-order chi connectivity index (χ0) is 13.2. The van der Waals surface area contributed by atoms with Gasteiger partial charge in [-0.25, -0.2) is 0 Å². The third kappa shape index (κ3) is 4.89. The molecule has 1 atom stereocenters. The first kappa shape index (κ1) is 14.7. The first-order chi connectivity index (χ1) is 8.81. The van der Waals surface area contributed by atoms with Gasteiger partial charge >= 0.3 is 0 Å². The van der Waals surface area contributed by atoms with Crippen LogP contribution >= 0.6 is 0 Å². The molecule has 0 unspecified atom stereocenters. The van der Waals surface area contributed by atoms with E-state index in [0.29, 0.717) is 6.04 Å². The quantitative estimate of drug-likeness (QED) is 0.580. The standard InChI is InChI=1S/C17H25N/c1-4-10-17(11-5-2)18(14-6-3)15-16-12-8-7-9-13-16/h4,6-9,12-13,17H,1,3,5,10-11,14-15H2,2H3/t17-/m0/s1. The Bertz CT molecular complexity index is 342. The van der Waals surface area contributed by atoms with Crippen molar-refractivity contribution in [3.63, 3.8) is 0 Å². The average Bonchev–Trinajstić information content (AvgIpc) is 2.39. The van der Waals surface area contributed by atoms with Gasteiger partial charge in [-0.2, -0.15) is 0 Å². The summed E-state index contributed by atoms with van der Waals surface area (Å²) in [6.07, 6.45) is 7.50. The molecule has 0 aliphatic heterocycles. The molecule has 0 heterocycles. The first-order valence-electron chi connectivity index (χ1n) is 6.81. The highest BCUT2D eigenvalue weighted by molar-refractivity contribution is 5.14. The normalized spacial score (nSPS) is 12.3. The van der Waals surface area contributed by atoms with Gasteiger partial charge in [-0.1, -0.05) is 55.8 Å². The van der Waals surface area contributed by atoms with E-state index in [1.807, 2.05) is 12.2 Å². The summed E-state index contributed by atoms with van der Waals surface area (Å²) >= 11 is 0. The van der Waals surface area contributed by atoms with Crippen molar-refractivity contribution in [1.29, 1.82) is 0 Å². The van der Waals surface area contributed by atoms with Crippen molar-refractivity contribution >= 4 is 0 Å². The molecule has 0 aliphatic rings. The topological polar surface area (TPSA) is 3.24 Å². The lowest BCUT2D eigenvalue weighted by Crippen LogP contribution is -2.34. The van der Waals surface area contributed by atoms with E-state index in [2.05, 4.69) is 55.3 Å². The van der Waals surface area contributed by atoms with E-state index in [-0.39, 0.29) is 0 Å². The fraction of sp³-hybridized carbons (Fsp3) is 0.412. The van der Waals surface area contributed by atoms with Crippen molar-refractivity contribution < 1.29 is 0 Å². The maximum Gasteiger partial charge on any atom is 0.0240 e. The van der Waals surface area contributed by atoms with Crippen LogP contribution in [0.2, 0.25) is 0 Å². The molecule has 1 aromatic rings. The van der Waals surface area contributed by atoms with E-state index in [1.54, 1.807) is 0 Å². The van der Waals surface area contributed by atoms with Gasteiger partial charge in [0.1, 0.15) is 0 Å². The molecule has 1 heteroatoms. The van der Waals surface area contributed by atoms with Gasteiger partial charge in [-0.15, -0.1) is 13.2 Å². The highest BCUT2D eigenvalue weighted by Crippen LogP contribution is 2.15. The van der Waals surface area contributed by atoms with Crippen LogP contribution in [0.15, 0.2) is 55.6 Å². The van der Waals surface area contributed by atoms with Gasteiger partial charge in [0.05, 0.1) is 0 Å². The lowest BCUT2D eigenvalue weighted by molar-refractivity contribution is 0.198. The van der Waals surface area contributed by atoms with Crippen LogP contribution in [0.1, 0.15) is 31.7 Å². The van der Waals surface area contributed by atoms with Crippen LogP contribution in [-0.2, 0) is 6.54 Å². The van der Waals surface area contributed by atoms with Gasteiger partial charge in [-0.05, 0) is 18.4 Å². The average molecular weight is 243 g/mol. The molecule has 0 bridgehead atoms. The Kier molecular flexibility index (Phi) is 7.12. The Hall–Kier alpha value is -1.34. The Morgan fingerprint density at radius 1 is 1.17 bits per heavy atom. The zero-order valence-electron chi connectivity index (χ0n) is 11.5. The van der Waals surface area contributed by atoms with Crippen molar-refractivity contribution in [3.8, 4) is 0 Å². The second kappa shape index (κ2) is 8.71. The monoisotopic (exact) mass is 243 g/mol. The van der Waals surface area contributed by atoms with E-state index < -0.39 is 0 Å². The van der Waals surface area contributed by atoms with Gasteiger partial charge in [-0.3, -0.25) is 4.90 Å². The maximum atomic E-state index is 3.88. The molecule has 0 aliphatic carbocycles. The highest BCUT2D eigenvalue weighted by Gasteiger charge is 2.15. The Labute approximate surface area is 112 Å². The third-order valence-corrected chi connectivity index (χ3v) is 3.17. The van der Waals surface area contributed by atoms with Crippen LogP contribution in [0.3, 0.4) is 0 Å². The lowest BCUT2D eigenvalue weighted by Gasteiger charge is -2.30. The summed E-state index contributed by atoms with van der Waals surface area (Å²) in [6, 6.07) is 11.2. The summed E-state index contributed by atoms with van der Waals surface area (Å²) in [4.78, 5) is 2.49. The summed E-state index contributed by atoms with van der Waals surface area (Å²) in [7, 11) is 0. The minimum atomic E-state index is 0.575. The molecule has 1 rings (SSSR count). The molecule has 0 spiro atoms. The maximum absolute atomic E-state index is 3.88. The molecule has 0 amide bonds. The number of rotatable bonds is 9. The van der Waals surface area contributed by atoms with Crippen LogP contribution in [-0.4, -0.2) is 17.5 Å². The molecule has 0 saturated carbocycles. The highest BCUT2D eigenvalue weighted by atomic mass is 15.1. The summed E-state index contributed by atoms with van der Waals surface area (Å²) < 4.78 is 0. The van der Waals surface area contributed by atoms with E-state index in [4.69, 9.17) is 0 Å². The fourth-order valence-corrected chi connectivity index (χ4v) is 2.30. The summed E-state index contributed by atoms with van der Waals surface area (Å²) in [6.45, 7) is 11.9. The number of benzene rings is 1. The molecule has 18 heavy (non-hydrogen) atoms. The first-order valence-corrected chi connectivity index (χ1v) is 6.81. The van der Waals surface area contributed by atoms with Crippen LogP contribution in [0, 0.1) is 0 Å². The molecule has 0 saturated heterocycles. The predicted octanol–water partition coefficient (Wildman–Crippen LogP) is 4.42. The predicted molar refractivity (Wildman–Crippen MR) is 80.6 cm³/mol. The summed E-state index contributed by atoms with van der Waals surface area (Å²) in [5, 5.41) is 0. The molecule has 1 nitrogen and oxygen atoms in total. The number of hydrogen-bond donors (Lipinski definition) is 0.